The molecular formula is C7H7N5S2. The zero-order valence-corrected chi connectivity index (χ0v) is 8.68. The molecule has 0 bridgehead atoms. The normalized spacial score (nSPS) is 10.9. The van der Waals surface area contributed by atoms with Gasteiger partial charge in [0.2, 0.25) is 10.3 Å². The molecule has 2 rings (SSSR count). The molecule has 0 amide bonds. The van der Waals surface area contributed by atoms with Crippen LogP contribution in [0.15, 0.2) is 22.6 Å². The average Bonchev–Trinajstić information content (AvgIpc) is 2.77. The number of nitrogens with one attached hydrogen (secondary N) is 1. The summed E-state index contributed by atoms with van der Waals surface area (Å²) in [6, 6.07) is 3.94. The summed E-state index contributed by atoms with van der Waals surface area (Å²) < 4.78 is 0. The fourth-order valence-corrected chi connectivity index (χ4v) is 1.84. The van der Waals surface area contributed by atoms with E-state index in [0.717, 1.165) is 4.88 Å². The number of nitrogens with zero attached hydrogens (tertiary/aromatic N) is 3. The lowest BCUT2D eigenvalue weighted by molar-refractivity contribution is 1.09. The Morgan fingerprint density at radius 2 is 2.43 bits per heavy atom. The summed E-state index contributed by atoms with van der Waals surface area (Å²) in [6.07, 6.45) is 1.72. The molecule has 2 aromatic heterocycles. The second-order valence-electron chi connectivity index (χ2n) is 2.33. The Bertz CT molecular complexity index is 419. The van der Waals surface area contributed by atoms with Gasteiger partial charge >= 0.3 is 0 Å². The monoisotopic (exact) mass is 225 g/mol. The third kappa shape index (κ3) is 2.27. The van der Waals surface area contributed by atoms with Crippen molar-refractivity contribution in [2.75, 3.05) is 11.2 Å². The molecule has 5 nitrogen and oxygen atoms in total. The van der Waals surface area contributed by atoms with E-state index in [9.17, 15) is 0 Å². The Hall–Kier alpha value is -1.47. The van der Waals surface area contributed by atoms with Crippen LogP contribution in [0, 0.1) is 0 Å². The largest absolute Gasteiger partial charge is 0.374 e. The van der Waals surface area contributed by atoms with Crippen LogP contribution in [0.1, 0.15) is 4.88 Å². The molecular weight excluding hydrogens is 218 g/mol. The Morgan fingerprint density at radius 1 is 1.50 bits per heavy atom. The zero-order chi connectivity index (χ0) is 9.80. The molecule has 0 aliphatic heterocycles. The van der Waals surface area contributed by atoms with Gasteiger partial charge in [-0.05, 0) is 11.4 Å². The van der Waals surface area contributed by atoms with E-state index in [4.69, 9.17) is 5.73 Å². The van der Waals surface area contributed by atoms with Crippen molar-refractivity contribution in [3.63, 3.8) is 0 Å². The van der Waals surface area contributed by atoms with E-state index in [1.807, 2.05) is 17.5 Å². The van der Waals surface area contributed by atoms with Crippen LogP contribution in [-0.4, -0.2) is 16.4 Å². The number of hydrazone groups is 1. The summed E-state index contributed by atoms with van der Waals surface area (Å²) in [6.45, 7) is 0. The van der Waals surface area contributed by atoms with Gasteiger partial charge in [0.15, 0.2) is 0 Å². The topological polar surface area (TPSA) is 76.2 Å². The highest BCUT2D eigenvalue weighted by Crippen LogP contribution is 2.16. The predicted molar refractivity (Wildman–Crippen MR) is 59.9 cm³/mol. The van der Waals surface area contributed by atoms with Gasteiger partial charge in [-0.2, -0.15) is 5.10 Å². The number of rotatable bonds is 3. The highest BCUT2D eigenvalue weighted by atomic mass is 32.1. The van der Waals surface area contributed by atoms with Crippen LogP contribution in [0.4, 0.5) is 10.3 Å². The lowest BCUT2D eigenvalue weighted by atomic mass is 10.5. The van der Waals surface area contributed by atoms with Crippen molar-refractivity contribution in [2.45, 2.75) is 0 Å². The molecule has 14 heavy (non-hydrogen) atoms. The van der Waals surface area contributed by atoms with Crippen molar-refractivity contribution < 1.29 is 0 Å². The highest BCUT2D eigenvalue weighted by molar-refractivity contribution is 7.18. The van der Waals surface area contributed by atoms with Gasteiger partial charge in [0.1, 0.15) is 0 Å². The van der Waals surface area contributed by atoms with Crippen LogP contribution in [0.3, 0.4) is 0 Å². The van der Waals surface area contributed by atoms with Gasteiger partial charge in [-0.3, -0.25) is 5.43 Å². The van der Waals surface area contributed by atoms with Crippen LogP contribution >= 0.6 is 22.7 Å². The second kappa shape index (κ2) is 4.16. The minimum absolute atomic E-state index is 0.429. The number of anilines is 2. The molecule has 2 heterocycles. The first-order chi connectivity index (χ1) is 6.84. The third-order valence-corrected chi connectivity index (χ3v) is 2.80. The summed E-state index contributed by atoms with van der Waals surface area (Å²) in [5.74, 6) is 0. The van der Waals surface area contributed by atoms with E-state index in [2.05, 4.69) is 20.7 Å². The maximum Gasteiger partial charge on any atom is 0.227 e. The molecule has 2 aromatic rings. The SMILES string of the molecule is Nc1nnc(N/N=C/c2cccs2)s1. The third-order valence-electron chi connectivity index (χ3n) is 1.34. The first kappa shape index (κ1) is 9.10. The molecule has 0 unspecified atom stereocenters. The Morgan fingerprint density at radius 3 is 3.07 bits per heavy atom. The fraction of sp³-hybridized carbons (Fsp3) is 0. The maximum absolute atomic E-state index is 5.40. The van der Waals surface area contributed by atoms with Crippen LogP contribution in [0.25, 0.3) is 0 Å². The number of hydrogen-bond donors (Lipinski definition) is 2. The van der Waals surface area contributed by atoms with Crippen LogP contribution in [0.2, 0.25) is 0 Å². The first-order valence-corrected chi connectivity index (χ1v) is 5.46. The van der Waals surface area contributed by atoms with Crippen molar-refractivity contribution >= 4 is 39.2 Å². The van der Waals surface area contributed by atoms with E-state index >= 15 is 0 Å². The smallest absolute Gasteiger partial charge is 0.227 e. The summed E-state index contributed by atoms with van der Waals surface area (Å²) in [5, 5.41) is 14.4. The molecule has 0 aromatic carbocycles. The average molecular weight is 225 g/mol. The number of aromatic nitrogens is 2. The summed E-state index contributed by atoms with van der Waals surface area (Å²) in [7, 11) is 0. The van der Waals surface area contributed by atoms with Gasteiger partial charge in [-0.25, -0.2) is 0 Å². The number of thiophene rings is 1. The van der Waals surface area contributed by atoms with Crippen molar-refractivity contribution in [1.82, 2.24) is 10.2 Å². The molecule has 0 fully saturated rings. The van der Waals surface area contributed by atoms with Crippen LogP contribution < -0.4 is 11.2 Å². The van der Waals surface area contributed by atoms with Crippen LogP contribution in [-0.2, 0) is 0 Å². The molecule has 0 aliphatic rings. The van der Waals surface area contributed by atoms with E-state index < -0.39 is 0 Å². The maximum atomic E-state index is 5.40. The van der Waals surface area contributed by atoms with E-state index in [0.29, 0.717) is 10.3 Å². The molecule has 72 valence electrons. The van der Waals surface area contributed by atoms with Crippen LogP contribution in [0.5, 0.6) is 0 Å². The van der Waals surface area contributed by atoms with Gasteiger partial charge in [0.05, 0.1) is 6.21 Å². The predicted octanol–water partition coefficient (Wildman–Crippen LogP) is 1.63. The zero-order valence-electron chi connectivity index (χ0n) is 7.04. The summed E-state index contributed by atoms with van der Waals surface area (Å²) in [5.41, 5.74) is 8.14. The molecule has 0 aliphatic carbocycles. The number of nitrogen functional groups attached to an aromatic ring is 1. The summed E-state index contributed by atoms with van der Waals surface area (Å²) in [4.78, 5) is 1.08. The van der Waals surface area contributed by atoms with Gasteiger partial charge in [-0.1, -0.05) is 17.4 Å². The van der Waals surface area contributed by atoms with Crippen molar-refractivity contribution in [2.24, 2.45) is 5.10 Å². The summed E-state index contributed by atoms with van der Waals surface area (Å²) >= 11 is 2.88. The van der Waals surface area contributed by atoms with Gasteiger partial charge in [-0.15, -0.1) is 21.5 Å². The van der Waals surface area contributed by atoms with E-state index in [-0.39, 0.29) is 0 Å². The molecule has 0 radical (unpaired) electrons. The molecule has 0 saturated heterocycles. The first-order valence-electron chi connectivity index (χ1n) is 3.76. The molecule has 0 atom stereocenters. The Labute approximate surface area is 88.3 Å². The molecule has 7 heteroatoms. The lowest BCUT2D eigenvalue weighted by Gasteiger charge is -1.88. The lowest BCUT2D eigenvalue weighted by Crippen LogP contribution is -1.88. The van der Waals surface area contributed by atoms with Crippen molar-refractivity contribution in [3.05, 3.63) is 22.4 Å². The van der Waals surface area contributed by atoms with Gasteiger partial charge < -0.3 is 5.73 Å². The minimum atomic E-state index is 0.429. The Kier molecular flexibility index (Phi) is 2.70. The van der Waals surface area contributed by atoms with Crippen molar-refractivity contribution in [1.29, 1.82) is 0 Å². The van der Waals surface area contributed by atoms with Gasteiger partial charge in [0, 0.05) is 4.88 Å². The second-order valence-corrected chi connectivity index (χ2v) is 4.32. The quantitative estimate of drug-likeness (QED) is 0.615. The number of hydrogen-bond acceptors (Lipinski definition) is 7. The standard InChI is InChI=1S/C7H7N5S2/c8-6-10-12-7(14-6)11-9-4-5-2-1-3-13-5/h1-4H,(H2,8,10)(H,11,12)/b9-4+. The molecule has 0 spiro atoms. The van der Waals surface area contributed by atoms with Crippen molar-refractivity contribution in [3.8, 4) is 0 Å². The highest BCUT2D eigenvalue weighted by Gasteiger charge is 1.96. The molecule has 3 N–H and O–H groups in total. The number of nitrogens with two attached hydrogens (primary N) is 1. The fourth-order valence-electron chi connectivity index (χ4n) is 0.796. The molecule has 0 saturated carbocycles. The Balaban J connectivity index is 1.94. The van der Waals surface area contributed by atoms with E-state index in [1.165, 1.54) is 11.3 Å². The van der Waals surface area contributed by atoms with E-state index in [1.54, 1.807) is 17.6 Å². The minimum Gasteiger partial charge on any atom is -0.374 e. The van der Waals surface area contributed by atoms with Gasteiger partial charge in [0.25, 0.3) is 0 Å².